The van der Waals surface area contributed by atoms with E-state index in [0.717, 1.165) is 12.8 Å². The number of piperidine rings is 1. The summed E-state index contributed by atoms with van der Waals surface area (Å²) in [6.07, 6.45) is 4.86. The average molecular weight is 286 g/mol. The van der Waals surface area contributed by atoms with E-state index in [9.17, 15) is 9.59 Å². The quantitative estimate of drug-likeness (QED) is 0.893. The molecule has 2 heterocycles. The van der Waals surface area contributed by atoms with E-state index >= 15 is 0 Å². The molecule has 0 aromatic carbocycles. The fourth-order valence-electron chi connectivity index (χ4n) is 2.41. The maximum absolute atomic E-state index is 12.3. The molecule has 1 aromatic rings. The minimum atomic E-state index is -0.229. The Morgan fingerprint density at radius 1 is 1.33 bits per heavy atom. The third-order valence-electron chi connectivity index (χ3n) is 3.66. The molecule has 1 saturated heterocycles. The third kappa shape index (κ3) is 4.28. The first-order valence-electron chi connectivity index (χ1n) is 7.03. The molecule has 1 fully saturated rings. The van der Waals surface area contributed by atoms with Gasteiger partial charge in [-0.15, -0.1) is 0 Å². The van der Waals surface area contributed by atoms with Crippen molar-refractivity contribution in [3.63, 3.8) is 0 Å². The van der Waals surface area contributed by atoms with E-state index in [1.54, 1.807) is 24.5 Å². The van der Waals surface area contributed by atoms with Crippen LogP contribution in [0.2, 0.25) is 0 Å². The second-order valence-corrected chi connectivity index (χ2v) is 5.11. The second kappa shape index (κ2) is 7.39. The zero-order valence-corrected chi connectivity index (χ0v) is 11.8. The highest BCUT2D eigenvalue weighted by molar-refractivity contribution is 5.94. The molecule has 2 rings (SSSR count). The van der Waals surface area contributed by atoms with Crippen molar-refractivity contribution in [3.8, 4) is 6.07 Å². The van der Waals surface area contributed by atoms with Gasteiger partial charge in [-0.25, -0.2) is 0 Å². The van der Waals surface area contributed by atoms with Gasteiger partial charge in [0.05, 0.1) is 6.07 Å². The highest BCUT2D eigenvalue weighted by Crippen LogP contribution is 2.18. The molecular weight excluding hydrogens is 268 g/mol. The summed E-state index contributed by atoms with van der Waals surface area (Å²) in [5.41, 5.74) is 0.658. The van der Waals surface area contributed by atoms with Crippen molar-refractivity contribution in [1.29, 1.82) is 5.26 Å². The molecule has 0 aliphatic carbocycles. The van der Waals surface area contributed by atoms with Gasteiger partial charge >= 0.3 is 0 Å². The maximum Gasteiger partial charge on any atom is 0.253 e. The molecule has 21 heavy (non-hydrogen) atoms. The van der Waals surface area contributed by atoms with Crippen molar-refractivity contribution in [2.24, 2.45) is 5.92 Å². The predicted molar refractivity (Wildman–Crippen MR) is 76.1 cm³/mol. The van der Waals surface area contributed by atoms with Crippen LogP contribution in [0.4, 0.5) is 0 Å². The van der Waals surface area contributed by atoms with Crippen LogP contribution in [0.5, 0.6) is 0 Å². The number of amides is 2. The van der Waals surface area contributed by atoms with E-state index in [1.165, 1.54) is 0 Å². The van der Waals surface area contributed by atoms with E-state index in [-0.39, 0.29) is 18.2 Å². The Labute approximate surface area is 123 Å². The molecule has 0 unspecified atom stereocenters. The first kappa shape index (κ1) is 15.0. The van der Waals surface area contributed by atoms with Crippen LogP contribution >= 0.6 is 0 Å². The van der Waals surface area contributed by atoms with Gasteiger partial charge in [-0.2, -0.15) is 5.26 Å². The van der Waals surface area contributed by atoms with E-state index in [4.69, 9.17) is 5.26 Å². The van der Waals surface area contributed by atoms with E-state index in [1.807, 2.05) is 11.0 Å². The summed E-state index contributed by atoms with van der Waals surface area (Å²) < 4.78 is 0. The van der Waals surface area contributed by atoms with E-state index in [2.05, 4.69) is 10.3 Å². The molecule has 1 aliphatic rings. The minimum absolute atomic E-state index is 0.0318. The Balaban J connectivity index is 1.77. The molecular formula is C15H18N4O2. The van der Waals surface area contributed by atoms with Gasteiger partial charge < -0.3 is 10.2 Å². The van der Waals surface area contributed by atoms with Crippen LogP contribution in [-0.2, 0) is 4.79 Å². The van der Waals surface area contributed by atoms with E-state index in [0.29, 0.717) is 31.1 Å². The summed E-state index contributed by atoms with van der Waals surface area (Å²) in [6, 6.07) is 5.26. The lowest BCUT2D eigenvalue weighted by atomic mass is 9.96. The molecule has 6 heteroatoms. The number of nitrogens with one attached hydrogen (secondary N) is 1. The number of pyridine rings is 1. The topological polar surface area (TPSA) is 86.1 Å². The molecule has 1 aromatic heterocycles. The smallest absolute Gasteiger partial charge is 0.253 e. The number of nitrogens with zero attached hydrogens (tertiary/aromatic N) is 3. The summed E-state index contributed by atoms with van der Waals surface area (Å²) in [5, 5.41) is 11.2. The first-order chi connectivity index (χ1) is 10.2. The molecule has 0 spiro atoms. The van der Waals surface area contributed by atoms with E-state index < -0.39 is 0 Å². The molecule has 110 valence electrons. The Morgan fingerprint density at radius 2 is 2.00 bits per heavy atom. The lowest BCUT2D eigenvalue weighted by molar-refractivity contribution is -0.120. The summed E-state index contributed by atoms with van der Waals surface area (Å²) in [6.45, 7) is 1.97. The van der Waals surface area contributed by atoms with Crippen LogP contribution in [0.25, 0.3) is 0 Å². The zero-order chi connectivity index (χ0) is 15.1. The van der Waals surface area contributed by atoms with Gasteiger partial charge in [0, 0.05) is 37.6 Å². The molecule has 2 amide bonds. The van der Waals surface area contributed by atoms with Crippen molar-refractivity contribution in [2.75, 3.05) is 19.6 Å². The molecule has 1 aliphatic heterocycles. The third-order valence-corrected chi connectivity index (χ3v) is 3.66. The number of hydrogen-bond acceptors (Lipinski definition) is 4. The van der Waals surface area contributed by atoms with Gasteiger partial charge in [-0.3, -0.25) is 14.6 Å². The monoisotopic (exact) mass is 286 g/mol. The lowest BCUT2D eigenvalue weighted by Gasteiger charge is -2.32. The number of carbonyl (C=O) groups is 2. The number of aromatic nitrogens is 1. The summed E-state index contributed by atoms with van der Waals surface area (Å²) in [7, 11) is 0. The van der Waals surface area contributed by atoms with Gasteiger partial charge in [-0.1, -0.05) is 0 Å². The highest BCUT2D eigenvalue weighted by Gasteiger charge is 2.23. The molecule has 0 bridgehead atoms. The number of carbonyl (C=O) groups excluding carboxylic acids is 2. The summed E-state index contributed by atoms with van der Waals surface area (Å²) in [4.78, 5) is 29.2. The molecule has 0 radical (unpaired) electrons. The van der Waals surface area contributed by atoms with Crippen LogP contribution in [0.15, 0.2) is 24.5 Å². The average Bonchev–Trinajstić information content (AvgIpc) is 2.54. The van der Waals surface area contributed by atoms with Crippen LogP contribution in [0.1, 0.15) is 29.6 Å². The largest absolute Gasteiger partial charge is 0.355 e. The second-order valence-electron chi connectivity index (χ2n) is 5.11. The van der Waals surface area contributed by atoms with Crippen molar-refractivity contribution in [2.45, 2.75) is 19.3 Å². The zero-order valence-electron chi connectivity index (χ0n) is 11.8. The van der Waals surface area contributed by atoms with Crippen LogP contribution in [0, 0.1) is 17.2 Å². The van der Waals surface area contributed by atoms with Gasteiger partial charge in [0.15, 0.2) is 0 Å². The van der Waals surface area contributed by atoms with Crippen LogP contribution in [0.3, 0.4) is 0 Å². The number of hydrogen-bond donors (Lipinski definition) is 1. The fourth-order valence-corrected chi connectivity index (χ4v) is 2.41. The summed E-state index contributed by atoms with van der Waals surface area (Å²) in [5.74, 6) is 0.172. The first-order valence-corrected chi connectivity index (χ1v) is 7.03. The number of likely N-dealkylation sites (tertiary alicyclic amines) is 1. The highest BCUT2D eigenvalue weighted by atomic mass is 16.2. The van der Waals surface area contributed by atoms with Gasteiger partial charge in [0.25, 0.3) is 5.91 Å². The van der Waals surface area contributed by atoms with Crippen LogP contribution < -0.4 is 5.32 Å². The van der Waals surface area contributed by atoms with Crippen molar-refractivity contribution in [3.05, 3.63) is 30.1 Å². The number of nitriles is 1. The van der Waals surface area contributed by atoms with Gasteiger partial charge in [0.1, 0.15) is 6.42 Å². The number of rotatable bonds is 4. The summed E-state index contributed by atoms with van der Waals surface area (Å²) >= 11 is 0. The SMILES string of the molecule is N#CCC(=O)NCC1CCN(C(=O)c2ccncc2)CC1. The van der Waals surface area contributed by atoms with Crippen LogP contribution in [-0.4, -0.2) is 41.3 Å². The Bertz CT molecular complexity index is 530. The molecule has 6 nitrogen and oxygen atoms in total. The van der Waals surface area contributed by atoms with Gasteiger partial charge in [0.2, 0.25) is 5.91 Å². The lowest BCUT2D eigenvalue weighted by Crippen LogP contribution is -2.41. The Kier molecular flexibility index (Phi) is 5.27. The fraction of sp³-hybridized carbons (Fsp3) is 0.467. The van der Waals surface area contributed by atoms with Crippen molar-refractivity contribution >= 4 is 11.8 Å². The molecule has 0 saturated carbocycles. The maximum atomic E-state index is 12.3. The minimum Gasteiger partial charge on any atom is -0.355 e. The van der Waals surface area contributed by atoms with Crippen molar-refractivity contribution in [1.82, 2.24) is 15.2 Å². The van der Waals surface area contributed by atoms with Crippen molar-refractivity contribution < 1.29 is 9.59 Å². The normalized spacial score (nSPS) is 15.3. The standard InChI is InChI=1S/C15H18N4O2/c16-6-1-14(20)18-11-12-4-9-19(10-5-12)15(21)13-2-7-17-8-3-13/h2-3,7-8,12H,1,4-5,9-11H2,(H,18,20). The Hall–Kier alpha value is -2.42. The predicted octanol–water partition coefficient (Wildman–Crippen LogP) is 0.964. The molecule has 0 atom stereocenters. The Morgan fingerprint density at radius 3 is 2.62 bits per heavy atom. The molecule has 1 N–H and O–H groups in total. The van der Waals surface area contributed by atoms with Gasteiger partial charge in [-0.05, 0) is 30.9 Å².